The molecule has 0 atom stereocenters. The number of piperazine rings is 1. The summed E-state index contributed by atoms with van der Waals surface area (Å²) in [4.78, 5) is 25.7. The Morgan fingerprint density at radius 3 is 2.43 bits per heavy atom. The van der Waals surface area contributed by atoms with Gasteiger partial charge in [0, 0.05) is 36.3 Å². The van der Waals surface area contributed by atoms with Gasteiger partial charge in [0.1, 0.15) is 0 Å². The van der Waals surface area contributed by atoms with Gasteiger partial charge in [0.25, 0.3) is 5.88 Å². The monoisotopic (exact) mass is 441 g/mol. The van der Waals surface area contributed by atoms with Gasteiger partial charge in [-0.1, -0.05) is 34.1 Å². The van der Waals surface area contributed by atoms with Crippen molar-refractivity contribution in [3.8, 4) is 5.88 Å². The van der Waals surface area contributed by atoms with E-state index in [1.807, 2.05) is 36.4 Å². The number of ether oxygens (including phenoxy) is 1. The summed E-state index contributed by atoms with van der Waals surface area (Å²) in [7, 11) is 1.52. The van der Waals surface area contributed by atoms with E-state index in [-0.39, 0.29) is 6.03 Å². The van der Waals surface area contributed by atoms with Crippen LogP contribution in [0.15, 0.2) is 53.0 Å². The van der Waals surface area contributed by atoms with Crippen molar-refractivity contribution in [2.45, 2.75) is 0 Å². The fourth-order valence-corrected chi connectivity index (χ4v) is 3.62. The molecule has 0 unspecified atom stereocenters. The Hall–Kier alpha value is -2.87. The number of carbonyl (C=O) groups excluding carboxylic acids is 1. The van der Waals surface area contributed by atoms with Gasteiger partial charge in [-0.15, -0.1) is 0 Å². The lowest BCUT2D eigenvalue weighted by molar-refractivity contribution is 0.208. The molecular weight excluding hydrogens is 422 g/mol. The molecule has 1 fully saturated rings. The summed E-state index contributed by atoms with van der Waals surface area (Å²) in [6, 6.07) is 15.5. The second kappa shape index (κ2) is 8.02. The topological polar surface area (TPSA) is 70.6 Å². The molecule has 0 bridgehead atoms. The average Bonchev–Trinajstić information content (AvgIpc) is 2.73. The van der Waals surface area contributed by atoms with Crippen LogP contribution in [0.2, 0.25) is 0 Å². The van der Waals surface area contributed by atoms with Crippen molar-refractivity contribution in [1.82, 2.24) is 14.9 Å². The van der Waals surface area contributed by atoms with Gasteiger partial charge in [0.05, 0.1) is 18.1 Å². The Kier molecular flexibility index (Phi) is 5.29. The van der Waals surface area contributed by atoms with Gasteiger partial charge in [-0.05, 0) is 30.3 Å². The minimum atomic E-state index is -0.197. The third-order valence-corrected chi connectivity index (χ3v) is 5.19. The highest BCUT2D eigenvalue weighted by atomic mass is 79.9. The predicted octanol–water partition coefficient (Wildman–Crippen LogP) is 3.76. The van der Waals surface area contributed by atoms with Crippen LogP contribution in [0.4, 0.5) is 16.3 Å². The number of anilines is 2. The molecule has 2 aromatic carbocycles. The quantitative estimate of drug-likeness (QED) is 0.669. The molecule has 0 saturated carbocycles. The predicted molar refractivity (Wildman–Crippen MR) is 113 cm³/mol. The second-order valence-electron chi connectivity index (χ2n) is 6.45. The maximum atomic E-state index is 12.7. The number of nitrogens with zero attached hydrogens (tertiary/aromatic N) is 4. The van der Waals surface area contributed by atoms with Crippen LogP contribution in [-0.4, -0.2) is 54.2 Å². The number of rotatable bonds is 3. The summed E-state index contributed by atoms with van der Waals surface area (Å²) < 4.78 is 6.36. The van der Waals surface area contributed by atoms with Crippen LogP contribution in [0.3, 0.4) is 0 Å². The first kappa shape index (κ1) is 18.5. The van der Waals surface area contributed by atoms with Gasteiger partial charge in [0.2, 0.25) is 0 Å². The van der Waals surface area contributed by atoms with Gasteiger partial charge in [-0.3, -0.25) is 5.32 Å². The van der Waals surface area contributed by atoms with Gasteiger partial charge in [-0.25, -0.2) is 14.8 Å². The number of benzene rings is 2. The van der Waals surface area contributed by atoms with Gasteiger partial charge in [-0.2, -0.15) is 0 Å². The highest BCUT2D eigenvalue weighted by Crippen LogP contribution is 2.24. The number of urea groups is 1. The average molecular weight is 442 g/mol. The molecule has 8 heteroatoms. The molecule has 7 nitrogen and oxygen atoms in total. The number of fused-ring (bicyclic) bond motifs is 1. The van der Waals surface area contributed by atoms with Crippen LogP contribution in [0, 0.1) is 0 Å². The number of aromatic nitrogens is 2. The van der Waals surface area contributed by atoms with Crippen LogP contribution in [-0.2, 0) is 0 Å². The number of hydrogen-bond donors (Lipinski definition) is 1. The highest BCUT2D eigenvalue weighted by molar-refractivity contribution is 9.10. The molecule has 1 aromatic heterocycles. The van der Waals surface area contributed by atoms with Gasteiger partial charge < -0.3 is 14.5 Å². The lowest BCUT2D eigenvalue weighted by atomic mass is 10.2. The van der Waals surface area contributed by atoms with E-state index in [2.05, 4.69) is 48.2 Å². The molecule has 2 amide bonds. The summed E-state index contributed by atoms with van der Waals surface area (Å²) in [5, 5.41) is 2.85. The third-order valence-electron chi connectivity index (χ3n) is 4.70. The number of para-hydroxylation sites is 2. The SMILES string of the molecule is COc1nc2ccccc2nc1NC(=O)N1CCN(c2cccc(Br)c2)CC1. The fourth-order valence-electron chi connectivity index (χ4n) is 3.23. The van der Waals surface area contributed by atoms with E-state index in [9.17, 15) is 4.79 Å². The zero-order valence-electron chi connectivity index (χ0n) is 15.4. The van der Waals surface area contributed by atoms with Crippen molar-refractivity contribution in [3.05, 3.63) is 53.0 Å². The number of halogens is 1. The Labute approximate surface area is 171 Å². The van der Waals surface area contributed by atoms with Crippen molar-refractivity contribution in [1.29, 1.82) is 0 Å². The molecule has 0 aliphatic carbocycles. The molecule has 3 aromatic rings. The molecular formula is C20H20BrN5O2. The van der Waals surface area contributed by atoms with Crippen molar-refractivity contribution in [2.24, 2.45) is 0 Å². The lowest BCUT2D eigenvalue weighted by Gasteiger charge is -2.36. The van der Waals surface area contributed by atoms with E-state index in [1.54, 1.807) is 4.90 Å². The molecule has 28 heavy (non-hydrogen) atoms. The fraction of sp³-hybridized carbons (Fsp3) is 0.250. The number of hydrogen-bond acceptors (Lipinski definition) is 5. The van der Waals surface area contributed by atoms with Crippen LogP contribution >= 0.6 is 15.9 Å². The van der Waals surface area contributed by atoms with E-state index in [0.29, 0.717) is 30.3 Å². The summed E-state index contributed by atoms with van der Waals surface area (Å²) in [5.74, 6) is 0.639. The Morgan fingerprint density at radius 1 is 1.04 bits per heavy atom. The summed E-state index contributed by atoms with van der Waals surface area (Å²) in [6.07, 6.45) is 0. The van der Waals surface area contributed by atoms with E-state index in [0.717, 1.165) is 28.8 Å². The number of carbonyl (C=O) groups is 1. The van der Waals surface area contributed by atoms with Crippen LogP contribution < -0.4 is 15.0 Å². The minimum absolute atomic E-state index is 0.197. The molecule has 1 saturated heterocycles. The summed E-state index contributed by atoms with van der Waals surface area (Å²) in [5.41, 5.74) is 2.58. The first-order valence-electron chi connectivity index (χ1n) is 9.01. The summed E-state index contributed by atoms with van der Waals surface area (Å²) in [6.45, 7) is 2.79. The van der Waals surface area contributed by atoms with Gasteiger partial charge >= 0.3 is 6.03 Å². The second-order valence-corrected chi connectivity index (χ2v) is 7.37. The maximum Gasteiger partial charge on any atom is 0.323 e. The minimum Gasteiger partial charge on any atom is -0.478 e. The largest absolute Gasteiger partial charge is 0.478 e. The Balaban J connectivity index is 1.44. The maximum absolute atomic E-state index is 12.7. The van der Waals surface area contributed by atoms with E-state index in [4.69, 9.17) is 4.74 Å². The molecule has 1 N–H and O–H groups in total. The first-order chi connectivity index (χ1) is 13.6. The molecule has 4 rings (SSSR count). The van der Waals surface area contributed by atoms with Crippen molar-refractivity contribution in [2.75, 3.05) is 43.5 Å². The lowest BCUT2D eigenvalue weighted by Crippen LogP contribution is -2.50. The highest BCUT2D eigenvalue weighted by Gasteiger charge is 2.23. The Morgan fingerprint density at radius 2 is 1.75 bits per heavy atom. The van der Waals surface area contributed by atoms with Crippen molar-refractivity contribution < 1.29 is 9.53 Å². The number of nitrogens with one attached hydrogen (secondary N) is 1. The smallest absolute Gasteiger partial charge is 0.323 e. The Bertz CT molecular complexity index is 1000. The molecule has 0 radical (unpaired) electrons. The van der Waals surface area contributed by atoms with E-state index in [1.165, 1.54) is 7.11 Å². The zero-order valence-corrected chi connectivity index (χ0v) is 17.0. The molecule has 1 aliphatic heterocycles. The molecule has 2 heterocycles. The van der Waals surface area contributed by atoms with Crippen LogP contribution in [0.5, 0.6) is 5.88 Å². The third kappa shape index (κ3) is 3.87. The standard InChI is InChI=1S/C20H20BrN5O2/c1-28-19-18(22-16-7-2-3-8-17(16)23-19)24-20(27)26-11-9-25(10-12-26)15-6-4-5-14(21)13-15/h2-8,13H,9-12H2,1H3,(H,22,24,27). The van der Waals surface area contributed by atoms with Crippen LogP contribution in [0.1, 0.15) is 0 Å². The number of amides is 2. The zero-order chi connectivity index (χ0) is 19.5. The number of methoxy groups -OCH3 is 1. The normalized spacial score (nSPS) is 14.2. The van der Waals surface area contributed by atoms with E-state index >= 15 is 0 Å². The van der Waals surface area contributed by atoms with Gasteiger partial charge in [0.15, 0.2) is 5.82 Å². The summed E-state index contributed by atoms with van der Waals surface area (Å²) >= 11 is 3.51. The molecule has 144 valence electrons. The first-order valence-corrected chi connectivity index (χ1v) is 9.80. The van der Waals surface area contributed by atoms with Crippen molar-refractivity contribution >= 4 is 44.5 Å². The molecule has 0 spiro atoms. The van der Waals surface area contributed by atoms with Crippen LogP contribution in [0.25, 0.3) is 11.0 Å². The van der Waals surface area contributed by atoms with Crippen molar-refractivity contribution in [3.63, 3.8) is 0 Å². The van der Waals surface area contributed by atoms with E-state index < -0.39 is 0 Å². The molecule has 1 aliphatic rings.